The number of rotatable bonds is 4. The lowest BCUT2D eigenvalue weighted by atomic mass is 10.1. The first-order chi connectivity index (χ1) is 13.0. The van der Waals surface area contributed by atoms with Crippen molar-refractivity contribution in [3.8, 4) is 12.3 Å². The number of hydrogen-bond donors (Lipinski definition) is 3. The molecule has 7 heteroatoms. The lowest BCUT2D eigenvalue weighted by Gasteiger charge is -2.21. The summed E-state index contributed by atoms with van der Waals surface area (Å²) in [6, 6.07) is 11.8. The predicted octanol–water partition coefficient (Wildman–Crippen LogP) is 2.73. The zero-order valence-electron chi connectivity index (χ0n) is 14.5. The number of nitrogens with one attached hydrogen (secondary N) is 3. The average Bonchev–Trinajstić information content (AvgIpc) is 2.67. The Morgan fingerprint density at radius 3 is 2.78 bits per heavy atom. The molecule has 0 aliphatic carbocycles. The zero-order chi connectivity index (χ0) is 19.4. The molecule has 1 unspecified atom stereocenters. The third kappa shape index (κ3) is 4.13. The molecule has 0 bridgehead atoms. The van der Waals surface area contributed by atoms with Crippen molar-refractivity contribution in [1.29, 1.82) is 0 Å². The van der Waals surface area contributed by atoms with Crippen LogP contribution < -0.4 is 16.0 Å². The van der Waals surface area contributed by atoms with Crippen LogP contribution in [0, 0.1) is 12.3 Å². The molecule has 3 N–H and O–H groups in total. The Balaban J connectivity index is 1.81. The summed E-state index contributed by atoms with van der Waals surface area (Å²) in [6.45, 7) is 1.92. The van der Waals surface area contributed by atoms with Gasteiger partial charge in [0.15, 0.2) is 0 Å². The van der Waals surface area contributed by atoms with Gasteiger partial charge in [-0.25, -0.2) is 0 Å². The Hall–Kier alpha value is -3.24. The molecule has 0 fully saturated rings. The van der Waals surface area contributed by atoms with Crippen LogP contribution in [0.4, 0.5) is 11.4 Å². The topological polar surface area (TPSA) is 87.3 Å². The van der Waals surface area contributed by atoms with Crippen molar-refractivity contribution in [3.63, 3.8) is 0 Å². The van der Waals surface area contributed by atoms with Gasteiger partial charge in [-0.05, 0) is 37.3 Å². The van der Waals surface area contributed by atoms with Crippen LogP contribution in [0.5, 0.6) is 0 Å². The summed E-state index contributed by atoms with van der Waals surface area (Å²) in [5.41, 5.74) is 1.68. The van der Waals surface area contributed by atoms with Crippen LogP contribution in [-0.2, 0) is 4.79 Å². The minimum atomic E-state index is -0.382. The molecule has 0 radical (unpaired) electrons. The summed E-state index contributed by atoms with van der Waals surface area (Å²) in [6.07, 6.45) is 5.16. The fraction of sp³-hybridized carbons (Fsp3) is 0.150. The van der Waals surface area contributed by atoms with E-state index in [1.807, 2.05) is 6.92 Å². The molecule has 136 valence electrons. The van der Waals surface area contributed by atoms with Crippen LogP contribution in [0.3, 0.4) is 0 Å². The number of anilines is 2. The SMILES string of the molecule is C#CCNC(=O)c1ccccc1NC(=O)c1ccc2c(c1)NC(=O)C(C)S2. The van der Waals surface area contributed by atoms with Gasteiger partial charge in [-0.15, -0.1) is 18.2 Å². The summed E-state index contributed by atoms with van der Waals surface area (Å²) in [4.78, 5) is 37.6. The minimum absolute atomic E-state index is 0.0967. The van der Waals surface area contributed by atoms with Crippen molar-refractivity contribution < 1.29 is 14.4 Å². The van der Waals surface area contributed by atoms with Gasteiger partial charge in [0, 0.05) is 10.5 Å². The third-order valence-electron chi connectivity index (χ3n) is 3.94. The van der Waals surface area contributed by atoms with E-state index < -0.39 is 0 Å². The van der Waals surface area contributed by atoms with Crippen LogP contribution in [-0.4, -0.2) is 29.5 Å². The van der Waals surface area contributed by atoms with Gasteiger partial charge in [-0.1, -0.05) is 18.1 Å². The lowest BCUT2D eigenvalue weighted by molar-refractivity contribution is -0.115. The zero-order valence-corrected chi connectivity index (χ0v) is 15.4. The minimum Gasteiger partial charge on any atom is -0.341 e. The number of para-hydroxylation sites is 1. The molecule has 0 spiro atoms. The number of terminal acetylenes is 1. The van der Waals surface area contributed by atoms with E-state index in [0.717, 1.165) is 4.90 Å². The standard InChI is InChI=1S/C20H17N3O3S/c1-3-10-21-20(26)14-6-4-5-7-15(14)22-19(25)13-8-9-17-16(11-13)23-18(24)12(2)27-17/h1,4-9,11-12H,10H2,2H3,(H,21,26)(H,22,25)(H,23,24). The second-order valence-electron chi connectivity index (χ2n) is 5.85. The highest BCUT2D eigenvalue weighted by molar-refractivity contribution is 8.00. The van der Waals surface area contributed by atoms with Crippen molar-refractivity contribution in [2.24, 2.45) is 0 Å². The summed E-state index contributed by atoms with van der Waals surface area (Å²) in [7, 11) is 0. The largest absolute Gasteiger partial charge is 0.341 e. The van der Waals surface area contributed by atoms with Gasteiger partial charge in [0.1, 0.15) is 0 Å². The summed E-state index contributed by atoms with van der Waals surface area (Å²) < 4.78 is 0. The number of carbonyl (C=O) groups excluding carboxylic acids is 3. The van der Waals surface area contributed by atoms with Gasteiger partial charge >= 0.3 is 0 Å². The second kappa shape index (κ2) is 7.98. The van der Waals surface area contributed by atoms with Gasteiger partial charge in [0.2, 0.25) is 5.91 Å². The fourth-order valence-electron chi connectivity index (χ4n) is 2.56. The molecule has 0 saturated carbocycles. The van der Waals surface area contributed by atoms with Gasteiger partial charge in [0.05, 0.1) is 28.7 Å². The quantitative estimate of drug-likeness (QED) is 0.713. The number of benzene rings is 2. The molecule has 1 heterocycles. The first kappa shape index (κ1) is 18.5. The van der Waals surface area contributed by atoms with E-state index in [1.165, 1.54) is 11.8 Å². The fourth-order valence-corrected chi connectivity index (χ4v) is 3.49. The number of thioether (sulfide) groups is 1. The molecule has 0 aromatic heterocycles. The molecule has 1 atom stereocenters. The summed E-state index contributed by atoms with van der Waals surface area (Å²) in [5.74, 6) is 1.49. The van der Waals surface area contributed by atoms with E-state index in [-0.39, 0.29) is 29.5 Å². The normalized spacial score (nSPS) is 15.1. The van der Waals surface area contributed by atoms with E-state index in [2.05, 4.69) is 21.9 Å². The smallest absolute Gasteiger partial charge is 0.255 e. The molecule has 3 amide bonds. The number of fused-ring (bicyclic) bond motifs is 1. The number of carbonyl (C=O) groups is 3. The van der Waals surface area contributed by atoms with Gasteiger partial charge in [0.25, 0.3) is 11.8 Å². The molecule has 1 aliphatic rings. The van der Waals surface area contributed by atoms with E-state index in [1.54, 1.807) is 42.5 Å². The Kier molecular flexibility index (Phi) is 5.48. The highest BCUT2D eigenvalue weighted by Gasteiger charge is 2.24. The van der Waals surface area contributed by atoms with E-state index in [4.69, 9.17) is 6.42 Å². The van der Waals surface area contributed by atoms with Crippen LogP contribution in [0.1, 0.15) is 27.6 Å². The summed E-state index contributed by atoms with van der Waals surface area (Å²) in [5, 5.41) is 7.94. The average molecular weight is 379 g/mol. The highest BCUT2D eigenvalue weighted by atomic mass is 32.2. The monoisotopic (exact) mass is 379 g/mol. The van der Waals surface area contributed by atoms with E-state index in [9.17, 15) is 14.4 Å². The summed E-state index contributed by atoms with van der Waals surface area (Å²) >= 11 is 1.45. The van der Waals surface area contributed by atoms with Crippen LogP contribution in [0.15, 0.2) is 47.4 Å². The molecular weight excluding hydrogens is 362 g/mol. The van der Waals surface area contributed by atoms with Gasteiger partial charge < -0.3 is 16.0 Å². The Labute approximate surface area is 161 Å². The van der Waals surface area contributed by atoms with E-state index in [0.29, 0.717) is 22.5 Å². The molecule has 2 aromatic rings. The lowest BCUT2D eigenvalue weighted by Crippen LogP contribution is -2.27. The van der Waals surface area contributed by atoms with Crippen LogP contribution >= 0.6 is 11.8 Å². The van der Waals surface area contributed by atoms with Gasteiger partial charge in [-0.3, -0.25) is 14.4 Å². The predicted molar refractivity (Wildman–Crippen MR) is 106 cm³/mol. The Morgan fingerprint density at radius 1 is 1.22 bits per heavy atom. The van der Waals surface area contributed by atoms with E-state index >= 15 is 0 Å². The van der Waals surface area contributed by atoms with Crippen molar-refractivity contribution in [1.82, 2.24) is 5.32 Å². The van der Waals surface area contributed by atoms with Crippen LogP contribution in [0.25, 0.3) is 0 Å². The third-order valence-corrected chi connectivity index (χ3v) is 5.12. The van der Waals surface area contributed by atoms with Crippen molar-refractivity contribution in [2.75, 3.05) is 17.2 Å². The molecule has 3 rings (SSSR count). The van der Waals surface area contributed by atoms with Crippen molar-refractivity contribution >= 4 is 40.9 Å². The van der Waals surface area contributed by atoms with Crippen LogP contribution in [0.2, 0.25) is 0 Å². The number of hydrogen-bond acceptors (Lipinski definition) is 4. The van der Waals surface area contributed by atoms with Crippen molar-refractivity contribution in [2.45, 2.75) is 17.1 Å². The molecule has 1 aliphatic heterocycles. The highest BCUT2D eigenvalue weighted by Crippen LogP contribution is 2.36. The molecule has 27 heavy (non-hydrogen) atoms. The first-order valence-electron chi connectivity index (χ1n) is 8.23. The molecular formula is C20H17N3O3S. The van der Waals surface area contributed by atoms with Gasteiger partial charge in [-0.2, -0.15) is 0 Å². The Morgan fingerprint density at radius 2 is 2.00 bits per heavy atom. The maximum Gasteiger partial charge on any atom is 0.255 e. The second-order valence-corrected chi connectivity index (χ2v) is 7.23. The Bertz CT molecular complexity index is 965. The first-order valence-corrected chi connectivity index (χ1v) is 9.11. The maximum absolute atomic E-state index is 12.6. The molecule has 6 nitrogen and oxygen atoms in total. The number of amides is 3. The van der Waals surface area contributed by atoms with Crippen molar-refractivity contribution in [3.05, 3.63) is 53.6 Å². The maximum atomic E-state index is 12.6. The molecule has 2 aromatic carbocycles. The molecule has 0 saturated heterocycles.